The van der Waals surface area contributed by atoms with E-state index in [9.17, 15) is 26.4 Å². The van der Waals surface area contributed by atoms with Gasteiger partial charge in [-0.25, -0.2) is 8.42 Å². The first-order chi connectivity index (χ1) is 13.6. The van der Waals surface area contributed by atoms with E-state index in [0.717, 1.165) is 22.5 Å². The first-order valence-electron chi connectivity index (χ1n) is 8.81. The molecule has 1 aliphatic rings. The Morgan fingerprint density at radius 1 is 1.14 bits per heavy atom. The SMILES string of the molecule is O=C(NCc1ccccc1Cl)C1CCCN1S(=O)(=O)c1ccccc1C(F)(F)F. The lowest BCUT2D eigenvalue weighted by molar-refractivity contribution is -0.139. The van der Waals surface area contributed by atoms with E-state index in [4.69, 9.17) is 11.6 Å². The third kappa shape index (κ3) is 4.57. The number of hydrogen-bond acceptors (Lipinski definition) is 3. The standard InChI is InChI=1S/C19H18ClF3N2O3S/c20-15-8-3-1-6-13(15)12-24-18(26)16-9-5-11-25(16)29(27,28)17-10-4-2-7-14(17)19(21,22)23/h1-4,6-8,10,16H,5,9,11-12H2,(H,24,26). The molecule has 2 aromatic carbocycles. The number of halogens is 4. The molecule has 0 spiro atoms. The van der Waals surface area contributed by atoms with Gasteiger partial charge in [0.1, 0.15) is 6.04 Å². The van der Waals surface area contributed by atoms with E-state index in [0.29, 0.717) is 17.0 Å². The van der Waals surface area contributed by atoms with Crippen LogP contribution >= 0.6 is 11.6 Å². The van der Waals surface area contributed by atoms with E-state index < -0.39 is 38.6 Å². The largest absolute Gasteiger partial charge is 0.417 e. The lowest BCUT2D eigenvalue weighted by Crippen LogP contribution is -2.46. The number of nitrogens with zero attached hydrogens (tertiary/aromatic N) is 1. The molecule has 1 fully saturated rings. The fourth-order valence-electron chi connectivity index (χ4n) is 3.28. The predicted molar refractivity (Wildman–Crippen MR) is 102 cm³/mol. The fraction of sp³-hybridized carbons (Fsp3) is 0.316. The van der Waals surface area contributed by atoms with E-state index in [1.165, 1.54) is 6.07 Å². The predicted octanol–water partition coefficient (Wildman–Crippen LogP) is 3.83. The molecular weight excluding hydrogens is 429 g/mol. The third-order valence-electron chi connectivity index (χ3n) is 4.70. The zero-order valence-corrected chi connectivity index (χ0v) is 16.7. The van der Waals surface area contributed by atoms with Crippen LogP contribution in [0.25, 0.3) is 0 Å². The molecule has 1 unspecified atom stereocenters. The Kier molecular flexibility index (Phi) is 6.21. The molecule has 0 saturated carbocycles. The Morgan fingerprint density at radius 2 is 1.79 bits per heavy atom. The average molecular weight is 447 g/mol. The highest BCUT2D eigenvalue weighted by molar-refractivity contribution is 7.89. The summed E-state index contributed by atoms with van der Waals surface area (Å²) in [5, 5.41) is 3.08. The number of rotatable bonds is 5. The van der Waals surface area contributed by atoms with E-state index in [-0.39, 0.29) is 19.5 Å². The van der Waals surface area contributed by atoms with Crippen LogP contribution in [0.15, 0.2) is 53.4 Å². The van der Waals surface area contributed by atoms with Gasteiger partial charge in [0.05, 0.1) is 10.5 Å². The lowest BCUT2D eigenvalue weighted by atomic mass is 10.2. The molecular formula is C19H18ClF3N2O3S. The number of amides is 1. The summed E-state index contributed by atoms with van der Waals surface area (Å²) in [6.07, 6.45) is -4.23. The summed E-state index contributed by atoms with van der Waals surface area (Å²) in [6, 6.07) is 9.75. The van der Waals surface area contributed by atoms with Crippen LogP contribution in [0.4, 0.5) is 13.2 Å². The smallest absolute Gasteiger partial charge is 0.351 e. The van der Waals surface area contributed by atoms with Gasteiger partial charge in [-0.05, 0) is 36.6 Å². The van der Waals surface area contributed by atoms with Crippen LogP contribution in [-0.2, 0) is 27.5 Å². The molecule has 5 nitrogen and oxygen atoms in total. The fourth-order valence-corrected chi connectivity index (χ4v) is 5.36. The van der Waals surface area contributed by atoms with Crippen LogP contribution < -0.4 is 5.32 Å². The van der Waals surface area contributed by atoms with Gasteiger partial charge in [-0.2, -0.15) is 17.5 Å². The lowest BCUT2D eigenvalue weighted by Gasteiger charge is -2.25. The zero-order chi connectivity index (χ0) is 21.2. The minimum atomic E-state index is -4.83. The van der Waals surface area contributed by atoms with Gasteiger partial charge in [0, 0.05) is 18.1 Å². The van der Waals surface area contributed by atoms with Crippen LogP contribution in [0.3, 0.4) is 0 Å². The van der Waals surface area contributed by atoms with Crippen LogP contribution in [-0.4, -0.2) is 31.2 Å². The summed E-state index contributed by atoms with van der Waals surface area (Å²) in [6.45, 7) is 0.0563. The summed E-state index contributed by atoms with van der Waals surface area (Å²) < 4.78 is 66.7. The summed E-state index contributed by atoms with van der Waals surface area (Å²) in [4.78, 5) is 11.8. The Hall–Kier alpha value is -2.10. The van der Waals surface area contributed by atoms with Crippen LogP contribution in [0, 0.1) is 0 Å². The molecule has 1 aliphatic heterocycles. The molecule has 1 N–H and O–H groups in total. The van der Waals surface area contributed by atoms with Gasteiger partial charge in [-0.1, -0.05) is 41.9 Å². The van der Waals surface area contributed by atoms with Crippen molar-refractivity contribution in [2.45, 2.75) is 36.5 Å². The van der Waals surface area contributed by atoms with Crippen molar-refractivity contribution in [2.75, 3.05) is 6.54 Å². The molecule has 0 aliphatic carbocycles. The maximum atomic E-state index is 13.3. The number of carbonyl (C=O) groups is 1. The van der Waals surface area contributed by atoms with Crippen molar-refractivity contribution in [3.8, 4) is 0 Å². The van der Waals surface area contributed by atoms with Crippen LogP contribution in [0.1, 0.15) is 24.0 Å². The highest BCUT2D eigenvalue weighted by Gasteiger charge is 2.43. The van der Waals surface area contributed by atoms with Crippen molar-refractivity contribution in [3.63, 3.8) is 0 Å². The molecule has 1 saturated heterocycles. The molecule has 156 valence electrons. The minimum absolute atomic E-state index is 0.0291. The molecule has 10 heteroatoms. The molecule has 29 heavy (non-hydrogen) atoms. The summed E-state index contributed by atoms with van der Waals surface area (Å²) in [5.41, 5.74) is -0.598. The molecule has 0 radical (unpaired) electrons. The average Bonchev–Trinajstić information content (AvgIpc) is 3.17. The van der Waals surface area contributed by atoms with Gasteiger partial charge in [0.15, 0.2) is 0 Å². The minimum Gasteiger partial charge on any atom is -0.351 e. The van der Waals surface area contributed by atoms with Crippen LogP contribution in [0.2, 0.25) is 5.02 Å². The maximum Gasteiger partial charge on any atom is 0.417 e. The Bertz CT molecular complexity index is 1010. The second kappa shape index (κ2) is 8.33. The molecule has 0 bridgehead atoms. The number of hydrogen-bond donors (Lipinski definition) is 1. The van der Waals surface area contributed by atoms with Crippen molar-refractivity contribution in [1.82, 2.24) is 9.62 Å². The molecule has 2 aromatic rings. The quantitative estimate of drug-likeness (QED) is 0.759. The molecule has 1 atom stereocenters. The van der Waals surface area contributed by atoms with Gasteiger partial charge in [-0.3, -0.25) is 4.79 Å². The molecule has 1 amide bonds. The van der Waals surface area contributed by atoms with Crippen molar-refractivity contribution < 1.29 is 26.4 Å². The third-order valence-corrected chi connectivity index (χ3v) is 7.03. The Balaban J connectivity index is 1.83. The number of alkyl halides is 3. The van der Waals surface area contributed by atoms with Gasteiger partial charge in [0.25, 0.3) is 0 Å². The Labute approximate surface area is 171 Å². The van der Waals surface area contributed by atoms with E-state index in [1.807, 2.05) is 0 Å². The van der Waals surface area contributed by atoms with Gasteiger partial charge >= 0.3 is 6.18 Å². The monoisotopic (exact) mass is 446 g/mol. The zero-order valence-electron chi connectivity index (χ0n) is 15.1. The maximum absolute atomic E-state index is 13.3. The second-order valence-electron chi connectivity index (χ2n) is 6.58. The van der Waals surface area contributed by atoms with Crippen molar-refractivity contribution in [2.24, 2.45) is 0 Å². The van der Waals surface area contributed by atoms with Crippen LogP contribution in [0.5, 0.6) is 0 Å². The Morgan fingerprint density at radius 3 is 2.48 bits per heavy atom. The number of carbonyl (C=O) groups excluding carboxylic acids is 1. The van der Waals surface area contributed by atoms with E-state index in [1.54, 1.807) is 24.3 Å². The van der Waals surface area contributed by atoms with E-state index in [2.05, 4.69) is 5.32 Å². The van der Waals surface area contributed by atoms with Crippen molar-refractivity contribution in [3.05, 3.63) is 64.7 Å². The normalized spacial score (nSPS) is 18.0. The topological polar surface area (TPSA) is 66.5 Å². The first kappa shape index (κ1) is 21.6. The van der Waals surface area contributed by atoms with Crippen molar-refractivity contribution in [1.29, 1.82) is 0 Å². The second-order valence-corrected chi connectivity index (χ2v) is 8.84. The van der Waals surface area contributed by atoms with E-state index >= 15 is 0 Å². The highest BCUT2D eigenvalue weighted by Crippen LogP contribution is 2.36. The number of benzene rings is 2. The number of nitrogens with one attached hydrogen (secondary N) is 1. The number of sulfonamides is 1. The summed E-state index contributed by atoms with van der Waals surface area (Å²) in [7, 11) is -4.51. The highest BCUT2D eigenvalue weighted by atomic mass is 35.5. The molecule has 1 heterocycles. The van der Waals surface area contributed by atoms with Gasteiger partial charge in [-0.15, -0.1) is 0 Å². The summed E-state index contributed by atoms with van der Waals surface area (Å²) in [5.74, 6) is -0.574. The van der Waals surface area contributed by atoms with Gasteiger partial charge < -0.3 is 5.32 Å². The first-order valence-corrected chi connectivity index (χ1v) is 10.6. The summed E-state index contributed by atoms with van der Waals surface area (Å²) >= 11 is 6.04. The van der Waals surface area contributed by atoms with Crippen molar-refractivity contribution >= 4 is 27.5 Å². The molecule has 3 rings (SSSR count). The van der Waals surface area contributed by atoms with Gasteiger partial charge in [0.2, 0.25) is 15.9 Å². The molecule has 0 aromatic heterocycles.